The number of rotatable bonds is 3. The first-order chi connectivity index (χ1) is 9.69. The maximum atomic E-state index is 6.10. The van der Waals surface area contributed by atoms with E-state index in [0.29, 0.717) is 5.88 Å². The van der Waals surface area contributed by atoms with Gasteiger partial charge in [0.2, 0.25) is 0 Å². The van der Waals surface area contributed by atoms with E-state index in [-0.39, 0.29) is 0 Å². The van der Waals surface area contributed by atoms with Gasteiger partial charge >= 0.3 is 0 Å². The number of benzene rings is 1. The summed E-state index contributed by atoms with van der Waals surface area (Å²) in [4.78, 5) is 4.67. The summed E-state index contributed by atoms with van der Waals surface area (Å²) in [5, 5.41) is 0. The second-order valence-electron chi connectivity index (χ2n) is 5.93. The smallest absolute Gasteiger partial charge is 0.124 e. The van der Waals surface area contributed by atoms with Gasteiger partial charge in [-0.1, -0.05) is 42.1 Å². The van der Waals surface area contributed by atoms with Gasteiger partial charge in [-0.3, -0.25) is 0 Å². The first-order valence-corrected chi connectivity index (χ1v) is 8.72. The molecule has 0 spiro atoms. The lowest BCUT2D eigenvalue weighted by Crippen LogP contribution is -2.22. The van der Waals surface area contributed by atoms with E-state index in [0.717, 1.165) is 34.2 Å². The lowest BCUT2D eigenvalue weighted by atomic mass is 9.80. The predicted octanol–water partition coefficient (Wildman–Crippen LogP) is 5.36. The molecule has 4 heteroatoms. The maximum Gasteiger partial charge on any atom is 0.124 e. The van der Waals surface area contributed by atoms with Crippen LogP contribution in [0.3, 0.4) is 0 Å². The van der Waals surface area contributed by atoms with Gasteiger partial charge in [0.15, 0.2) is 0 Å². The van der Waals surface area contributed by atoms with Crippen LogP contribution in [0.15, 0.2) is 22.7 Å². The second kappa shape index (κ2) is 6.07. The van der Waals surface area contributed by atoms with Crippen molar-refractivity contribution >= 4 is 38.6 Å². The molecule has 3 rings (SSSR count). The minimum Gasteiger partial charge on any atom is -0.327 e. The van der Waals surface area contributed by atoms with Crippen molar-refractivity contribution in [2.24, 2.45) is 11.8 Å². The Morgan fingerprint density at radius 2 is 2.15 bits per heavy atom. The average molecular weight is 356 g/mol. The fourth-order valence-electron chi connectivity index (χ4n) is 3.35. The van der Waals surface area contributed by atoms with Crippen LogP contribution in [0.1, 0.15) is 38.4 Å². The normalized spacial score (nSPS) is 23.4. The molecule has 2 aromatic rings. The molecule has 2 atom stereocenters. The lowest BCUT2D eigenvalue weighted by molar-refractivity contribution is 0.229. The van der Waals surface area contributed by atoms with Crippen LogP contribution in [0.4, 0.5) is 0 Å². The van der Waals surface area contributed by atoms with E-state index in [2.05, 4.69) is 44.5 Å². The van der Waals surface area contributed by atoms with Gasteiger partial charge in [-0.15, -0.1) is 11.6 Å². The van der Waals surface area contributed by atoms with E-state index in [1.807, 2.05) is 6.07 Å². The quantitative estimate of drug-likeness (QED) is 0.677. The van der Waals surface area contributed by atoms with Crippen LogP contribution in [0.25, 0.3) is 11.0 Å². The molecule has 1 fully saturated rings. The van der Waals surface area contributed by atoms with E-state index in [1.165, 1.54) is 31.2 Å². The van der Waals surface area contributed by atoms with Crippen LogP contribution in [0.5, 0.6) is 0 Å². The zero-order valence-electron chi connectivity index (χ0n) is 11.8. The lowest BCUT2D eigenvalue weighted by Gasteiger charge is -2.29. The molecule has 108 valence electrons. The molecule has 1 saturated carbocycles. The molecule has 20 heavy (non-hydrogen) atoms. The molecular weight excluding hydrogens is 336 g/mol. The highest BCUT2D eigenvalue weighted by Gasteiger charge is 2.23. The Balaban J connectivity index is 1.98. The summed E-state index contributed by atoms with van der Waals surface area (Å²) in [7, 11) is 0. The van der Waals surface area contributed by atoms with Crippen LogP contribution in [0.2, 0.25) is 0 Å². The Morgan fingerprint density at radius 3 is 2.90 bits per heavy atom. The predicted molar refractivity (Wildman–Crippen MR) is 88.1 cm³/mol. The highest BCUT2D eigenvalue weighted by molar-refractivity contribution is 9.10. The Bertz CT molecular complexity index is 608. The van der Waals surface area contributed by atoms with Crippen LogP contribution < -0.4 is 0 Å². The van der Waals surface area contributed by atoms with Crippen molar-refractivity contribution in [3.05, 3.63) is 28.5 Å². The van der Waals surface area contributed by atoms with Gasteiger partial charge in [0.1, 0.15) is 5.82 Å². The van der Waals surface area contributed by atoms with Crippen molar-refractivity contribution in [2.45, 2.75) is 45.0 Å². The summed E-state index contributed by atoms with van der Waals surface area (Å²) >= 11 is 9.66. The molecule has 2 unspecified atom stereocenters. The molecule has 2 nitrogen and oxygen atoms in total. The summed E-state index contributed by atoms with van der Waals surface area (Å²) < 4.78 is 3.43. The molecule has 1 aliphatic carbocycles. The summed E-state index contributed by atoms with van der Waals surface area (Å²) in [6.07, 6.45) is 5.44. The first-order valence-electron chi connectivity index (χ1n) is 7.39. The maximum absolute atomic E-state index is 6.10. The van der Waals surface area contributed by atoms with Crippen molar-refractivity contribution in [1.82, 2.24) is 9.55 Å². The third-order valence-corrected chi connectivity index (χ3v) is 5.35. The van der Waals surface area contributed by atoms with Crippen LogP contribution >= 0.6 is 27.5 Å². The van der Waals surface area contributed by atoms with Gasteiger partial charge in [0.05, 0.1) is 16.9 Å². The molecule has 0 aliphatic heterocycles. The van der Waals surface area contributed by atoms with Gasteiger partial charge in [-0.05, 0) is 36.5 Å². The topological polar surface area (TPSA) is 17.8 Å². The van der Waals surface area contributed by atoms with Crippen molar-refractivity contribution in [3.8, 4) is 0 Å². The summed E-state index contributed by atoms with van der Waals surface area (Å²) in [6.45, 7) is 3.44. The van der Waals surface area contributed by atoms with Crippen molar-refractivity contribution in [3.63, 3.8) is 0 Å². The monoisotopic (exact) mass is 354 g/mol. The summed E-state index contributed by atoms with van der Waals surface area (Å²) in [6, 6.07) is 6.27. The van der Waals surface area contributed by atoms with E-state index >= 15 is 0 Å². The number of imidazole rings is 1. The van der Waals surface area contributed by atoms with E-state index in [9.17, 15) is 0 Å². The molecule has 0 radical (unpaired) electrons. The fraction of sp³-hybridized carbons (Fsp3) is 0.562. The van der Waals surface area contributed by atoms with Gasteiger partial charge in [0.25, 0.3) is 0 Å². The Morgan fingerprint density at radius 1 is 1.35 bits per heavy atom. The van der Waals surface area contributed by atoms with Crippen LogP contribution in [-0.4, -0.2) is 9.55 Å². The number of alkyl halides is 1. The molecule has 1 aromatic heterocycles. The first kappa shape index (κ1) is 14.4. The number of hydrogen-bond acceptors (Lipinski definition) is 1. The Hall–Kier alpha value is -0.540. The van der Waals surface area contributed by atoms with Gasteiger partial charge < -0.3 is 4.57 Å². The largest absolute Gasteiger partial charge is 0.327 e. The molecular formula is C16H20BrClN2. The molecule has 0 saturated heterocycles. The number of aromatic nitrogens is 2. The standard InChI is InChI=1S/C16H20BrClN2/c1-11-4-2-3-5-12(11)10-20-15-8-13(17)6-7-14(15)19-16(20)9-18/h6-8,11-12H,2-5,9-10H2,1H3. The van der Waals surface area contributed by atoms with Crippen LogP contribution in [-0.2, 0) is 12.4 Å². The molecule has 0 N–H and O–H groups in total. The SMILES string of the molecule is CC1CCCCC1Cn1c(CCl)nc2ccc(Br)cc21. The van der Waals surface area contributed by atoms with Gasteiger partial charge in [-0.2, -0.15) is 0 Å². The molecule has 0 amide bonds. The Labute approximate surface area is 133 Å². The van der Waals surface area contributed by atoms with Crippen molar-refractivity contribution in [1.29, 1.82) is 0 Å². The summed E-state index contributed by atoms with van der Waals surface area (Å²) in [5.41, 5.74) is 2.25. The molecule has 1 aromatic carbocycles. The number of hydrogen-bond donors (Lipinski definition) is 0. The second-order valence-corrected chi connectivity index (χ2v) is 7.11. The van der Waals surface area contributed by atoms with Gasteiger partial charge in [-0.25, -0.2) is 4.98 Å². The minimum absolute atomic E-state index is 0.480. The third kappa shape index (κ3) is 2.75. The van der Waals surface area contributed by atoms with Crippen LogP contribution in [0, 0.1) is 11.8 Å². The number of halogens is 2. The van der Waals surface area contributed by atoms with Gasteiger partial charge in [0, 0.05) is 11.0 Å². The van der Waals surface area contributed by atoms with E-state index < -0.39 is 0 Å². The van der Waals surface area contributed by atoms with Crippen molar-refractivity contribution in [2.75, 3.05) is 0 Å². The number of nitrogens with zero attached hydrogens (tertiary/aromatic N) is 2. The molecule has 1 heterocycles. The average Bonchev–Trinajstić information content (AvgIpc) is 2.79. The zero-order valence-corrected chi connectivity index (χ0v) is 14.1. The van der Waals surface area contributed by atoms with Crippen molar-refractivity contribution < 1.29 is 0 Å². The fourth-order valence-corrected chi connectivity index (χ4v) is 3.90. The Kier molecular flexibility index (Phi) is 4.37. The van der Waals surface area contributed by atoms with E-state index in [4.69, 9.17) is 11.6 Å². The minimum atomic E-state index is 0.480. The number of fused-ring (bicyclic) bond motifs is 1. The highest BCUT2D eigenvalue weighted by atomic mass is 79.9. The zero-order chi connectivity index (χ0) is 14.1. The van der Waals surface area contributed by atoms with E-state index in [1.54, 1.807) is 0 Å². The molecule has 1 aliphatic rings. The summed E-state index contributed by atoms with van der Waals surface area (Å²) in [5.74, 6) is 3.03. The third-order valence-electron chi connectivity index (χ3n) is 4.62. The molecule has 0 bridgehead atoms. The highest BCUT2D eigenvalue weighted by Crippen LogP contribution is 2.32.